The highest BCUT2D eigenvalue weighted by Crippen LogP contribution is 2.43. The number of nitrogens with zero attached hydrogens (tertiary/aromatic N) is 1. The number of aliphatic hydroxyl groups is 1. The third-order valence-corrected chi connectivity index (χ3v) is 6.22. The molecule has 1 atom stereocenters. The van der Waals surface area contributed by atoms with Gasteiger partial charge in [0.05, 0.1) is 18.2 Å². The zero-order valence-electron chi connectivity index (χ0n) is 19.7. The van der Waals surface area contributed by atoms with Crippen molar-refractivity contribution in [3.8, 4) is 11.5 Å². The van der Waals surface area contributed by atoms with E-state index < -0.39 is 17.7 Å². The van der Waals surface area contributed by atoms with Crippen molar-refractivity contribution in [2.75, 3.05) is 11.5 Å². The largest absolute Gasteiger partial charge is 0.508 e. The predicted octanol–water partition coefficient (Wildman–Crippen LogP) is 6.19. The minimum absolute atomic E-state index is 0.0329. The number of hydrogen-bond acceptors (Lipinski definition) is 5. The summed E-state index contributed by atoms with van der Waals surface area (Å²) in [5.74, 6) is -0.977. The van der Waals surface area contributed by atoms with Gasteiger partial charge in [-0.1, -0.05) is 37.6 Å². The second-order valence-corrected chi connectivity index (χ2v) is 9.01. The van der Waals surface area contributed by atoms with Gasteiger partial charge >= 0.3 is 0 Å². The van der Waals surface area contributed by atoms with E-state index in [1.54, 1.807) is 54.6 Å². The van der Waals surface area contributed by atoms with Gasteiger partial charge in [-0.2, -0.15) is 0 Å². The van der Waals surface area contributed by atoms with Crippen molar-refractivity contribution in [1.29, 1.82) is 0 Å². The first kappa shape index (κ1) is 24.4. The summed E-state index contributed by atoms with van der Waals surface area (Å²) in [6.45, 7) is 6.42. The van der Waals surface area contributed by atoms with Crippen LogP contribution in [0.1, 0.15) is 49.4 Å². The van der Waals surface area contributed by atoms with Crippen LogP contribution in [0.2, 0.25) is 5.02 Å². The van der Waals surface area contributed by atoms with E-state index in [0.717, 1.165) is 5.56 Å². The molecule has 4 rings (SSSR count). The Hall–Kier alpha value is -3.77. The highest BCUT2D eigenvalue weighted by Gasteiger charge is 2.47. The average molecular weight is 492 g/mol. The Bertz CT molecular complexity index is 1300. The standard InChI is InChI=1S/C28H26ClNO5/c1-4-35-23-14-7-18(15-22(23)16(2)3)26(32)24-25(17-5-12-21(31)13-6-17)30(28(34)27(24)33)20-10-8-19(29)9-11-20/h5-16,25,31-32H,4H2,1-3H3/b26-24-. The van der Waals surface area contributed by atoms with Crippen LogP contribution in [0.25, 0.3) is 5.76 Å². The number of anilines is 1. The van der Waals surface area contributed by atoms with Crippen molar-refractivity contribution >= 4 is 34.7 Å². The topological polar surface area (TPSA) is 87.1 Å². The van der Waals surface area contributed by atoms with Crippen molar-refractivity contribution in [2.45, 2.75) is 32.7 Å². The van der Waals surface area contributed by atoms with Crippen LogP contribution in [0, 0.1) is 0 Å². The molecule has 1 amide bonds. The maximum absolute atomic E-state index is 13.3. The Kier molecular flexibility index (Phi) is 6.85. The summed E-state index contributed by atoms with van der Waals surface area (Å²) in [6, 6.07) is 17.1. The number of phenolic OH excluding ortho intramolecular Hbond substituents is 1. The Morgan fingerprint density at radius 3 is 2.29 bits per heavy atom. The Morgan fingerprint density at radius 2 is 1.69 bits per heavy atom. The predicted molar refractivity (Wildman–Crippen MR) is 136 cm³/mol. The van der Waals surface area contributed by atoms with Crippen molar-refractivity contribution in [1.82, 2.24) is 0 Å². The number of carbonyl (C=O) groups is 2. The lowest BCUT2D eigenvalue weighted by molar-refractivity contribution is -0.132. The SMILES string of the molecule is CCOc1ccc(/C(O)=C2/C(=O)C(=O)N(c3ccc(Cl)cc3)C2c2ccc(O)cc2)cc1C(C)C. The molecule has 1 heterocycles. The van der Waals surface area contributed by atoms with Gasteiger partial charge < -0.3 is 14.9 Å². The van der Waals surface area contributed by atoms with E-state index in [-0.39, 0.29) is 23.0 Å². The molecular formula is C28H26ClNO5. The average Bonchev–Trinajstić information content (AvgIpc) is 3.10. The van der Waals surface area contributed by atoms with Gasteiger partial charge in [0.15, 0.2) is 0 Å². The smallest absolute Gasteiger partial charge is 0.300 e. The number of Topliss-reactive ketones (excluding diaryl/α,β-unsaturated/α-hetero) is 1. The van der Waals surface area contributed by atoms with Gasteiger partial charge in [0, 0.05) is 16.3 Å². The summed E-state index contributed by atoms with van der Waals surface area (Å²) in [5.41, 5.74) is 2.28. The van der Waals surface area contributed by atoms with Gasteiger partial charge in [0.2, 0.25) is 0 Å². The monoisotopic (exact) mass is 491 g/mol. The number of amides is 1. The maximum Gasteiger partial charge on any atom is 0.300 e. The molecule has 1 aliphatic heterocycles. The zero-order valence-corrected chi connectivity index (χ0v) is 20.4. The molecule has 0 saturated carbocycles. The van der Waals surface area contributed by atoms with E-state index in [2.05, 4.69) is 0 Å². The van der Waals surface area contributed by atoms with Gasteiger partial charge in [0.1, 0.15) is 17.3 Å². The first-order valence-corrected chi connectivity index (χ1v) is 11.7. The molecule has 0 spiro atoms. The van der Waals surface area contributed by atoms with E-state index in [9.17, 15) is 19.8 Å². The quantitative estimate of drug-likeness (QED) is 0.244. The van der Waals surface area contributed by atoms with Gasteiger partial charge in [0.25, 0.3) is 11.7 Å². The molecule has 1 unspecified atom stereocenters. The molecule has 3 aromatic carbocycles. The zero-order chi connectivity index (χ0) is 25.3. The molecule has 6 nitrogen and oxygen atoms in total. The van der Waals surface area contributed by atoms with Crippen LogP contribution in [-0.4, -0.2) is 28.5 Å². The van der Waals surface area contributed by atoms with E-state index in [1.807, 2.05) is 20.8 Å². The lowest BCUT2D eigenvalue weighted by atomic mass is 9.93. The second kappa shape index (κ2) is 9.84. The molecule has 1 fully saturated rings. The Balaban J connectivity index is 1.92. The maximum atomic E-state index is 13.3. The van der Waals surface area contributed by atoms with E-state index in [4.69, 9.17) is 16.3 Å². The van der Waals surface area contributed by atoms with Crippen molar-refractivity contribution in [3.63, 3.8) is 0 Å². The number of phenols is 1. The molecular weight excluding hydrogens is 466 g/mol. The van der Waals surface area contributed by atoms with Crippen LogP contribution < -0.4 is 9.64 Å². The number of hydrogen-bond donors (Lipinski definition) is 2. The number of carbonyl (C=O) groups excluding carboxylic acids is 2. The fraction of sp³-hybridized carbons (Fsp3) is 0.214. The van der Waals surface area contributed by atoms with Crippen LogP contribution in [0.15, 0.2) is 72.3 Å². The number of ether oxygens (including phenoxy) is 1. The van der Waals surface area contributed by atoms with Crippen LogP contribution >= 0.6 is 11.6 Å². The van der Waals surface area contributed by atoms with Crippen LogP contribution in [0.3, 0.4) is 0 Å². The number of aromatic hydroxyl groups is 1. The van der Waals surface area contributed by atoms with Crippen molar-refractivity contribution < 1.29 is 24.5 Å². The van der Waals surface area contributed by atoms with Crippen LogP contribution in [0.4, 0.5) is 5.69 Å². The molecule has 0 radical (unpaired) electrons. The van der Waals surface area contributed by atoms with Gasteiger partial charge in [-0.15, -0.1) is 0 Å². The minimum Gasteiger partial charge on any atom is -0.508 e. The highest BCUT2D eigenvalue weighted by molar-refractivity contribution is 6.51. The summed E-state index contributed by atoms with van der Waals surface area (Å²) in [7, 11) is 0. The molecule has 180 valence electrons. The van der Waals surface area contributed by atoms with Gasteiger partial charge in [-0.25, -0.2) is 0 Å². The van der Waals surface area contributed by atoms with Crippen LogP contribution in [-0.2, 0) is 9.59 Å². The summed E-state index contributed by atoms with van der Waals surface area (Å²) >= 11 is 6.03. The van der Waals surface area contributed by atoms with E-state index >= 15 is 0 Å². The molecule has 0 aromatic heterocycles. The third-order valence-electron chi connectivity index (χ3n) is 5.96. The van der Waals surface area contributed by atoms with E-state index in [1.165, 1.54) is 17.0 Å². The van der Waals surface area contributed by atoms with Gasteiger partial charge in [-0.05, 0) is 78.6 Å². The Labute approximate surface area is 209 Å². The molecule has 3 aromatic rings. The Morgan fingerprint density at radius 1 is 1.03 bits per heavy atom. The fourth-order valence-electron chi connectivity index (χ4n) is 4.26. The first-order valence-electron chi connectivity index (χ1n) is 11.4. The van der Waals surface area contributed by atoms with Crippen LogP contribution in [0.5, 0.6) is 11.5 Å². The second-order valence-electron chi connectivity index (χ2n) is 8.58. The van der Waals surface area contributed by atoms with Crippen molar-refractivity contribution in [3.05, 3.63) is 94.0 Å². The molecule has 1 saturated heterocycles. The minimum atomic E-state index is -0.897. The number of aliphatic hydroxyl groups excluding tert-OH is 1. The van der Waals surface area contributed by atoms with Gasteiger partial charge in [-0.3, -0.25) is 14.5 Å². The first-order chi connectivity index (χ1) is 16.7. The third kappa shape index (κ3) is 4.62. The van der Waals surface area contributed by atoms with E-state index in [0.29, 0.717) is 34.2 Å². The summed E-state index contributed by atoms with van der Waals surface area (Å²) in [4.78, 5) is 27.9. The molecule has 35 heavy (non-hydrogen) atoms. The number of benzene rings is 3. The lowest BCUT2D eigenvalue weighted by Gasteiger charge is -2.25. The fourth-order valence-corrected chi connectivity index (χ4v) is 4.39. The number of halogens is 1. The highest BCUT2D eigenvalue weighted by atomic mass is 35.5. The molecule has 1 aliphatic rings. The summed E-state index contributed by atoms with van der Waals surface area (Å²) in [6.07, 6.45) is 0. The molecule has 0 bridgehead atoms. The lowest BCUT2D eigenvalue weighted by Crippen LogP contribution is -2.29. The number of rotatable bonds is 6. The molecule has 0 aliphatic carbocycles. The number of ketones is 1. The summed E-state index contributed by atoms with van der Waals surface area (Å²) < 4.78 is 5.72. The summed E-state index contributed by atoms with van der Waals surface area (Å²) in [5, 5.41) is 21.7. The molecule has 2 N–H and O–H groups in total. The molecule has 7 heteroatoms. The normalized spacial score (nSPS) is 17.3. The van der Waals surface area contributed by atoms with Crippen molar-refractivity contribution in [2.24, 2.45) is 0 Å².